The Morgan fingerprint density at radius 1 is 1.03 bits per heavy atom. The molecule has 0 aliphatic heterocycles. The molecule has 0 atom stereocenters. The second-order valence-electron chi connectivity index (χ2n) is 8.02. The molecule has 8 nitrogen and oxygen atoms in total. The Labute approximate surface area is 216 Å². The Bertz CT molecular complexity index is 1540. The van der Waals surface area contributed by atoms with Crippen molar-refractivity contribution in [2.24, 2.45) is 7.05 Å². The average molecular weight is 517 g/mol. The van der Waals surface area contributed by atoms with Crippen LogP contribution < -0.4 is 10.6 Å². The van der Waals surface area contributed by atoms with Crippen LogP contribution in [0.1, 0.15) is 15.9 Å². The first-order valence-corrected chi connectivity index (χ1v) is 12.3. The Balaban J connectivity index is 1.27. The van der Waals surface area contributed by atoms with Gasteiger partial charge in [-0.1, -0.05) is 35.9 Å². The number of para-hydroxylation sites is 1. The summed E-state index contributed by atoms with van der Waals surface area (Å²) in [4.78, 5) is 26.4. The minimum Gasteiger partial charge on any atom is -0.324 e. The van der Waals surface area contributed by atoms with Crippen LogP contribution >= 0.6 is 22.9 Å². The molecule has 0 saturated carbocycles. The quantitative estimate of drug-likeness (QED) is 0.302. The fourth-order valence-electron chi connectivity index (χ4n) is 3.64. The zero-order valence-electron chi connectivity index (χ0n) is 19.2. The van der Waals surface area contributed by atoms with Crippen molar-refractivity contribution in [3.05, 3.63) is 101 Å². The molecule has 0 aliphatic rings. The molecular formula is C26H21ClN6O2S. The smallest absolute Gasteiger partial charge is 0.256 e. The number of anilines is 2. The van der Waals surface area contributed by atoms with Crippen molar-refractivity contribution in [3.63, 3.8) is 0 Å². The van der Waals surface area contributed by atoms with Crippen molar-refractivity contribution in [1.82, 2.24) is 19.6 Å². The first-order valence-electron chi connectivity index (χ1n) is 11.0. The average Bonchev–Trinajstić information content (AvgIpc) is 3.63. The van der Waals surface area contributed by atoms with Crippen LogP contribution in [0.3, 0.4) is 0 Å². The first-order chi connectivity index (χ1) is 17.5. The SMILES string of the molecule is Cn1nc(-c2cccs2)cc1NC(=O)c1cccc(-n2cc(CC(=O)Nc3ccccc3Cl)cn2)c1. The normalized spacial score (nSPS) is 10.8. The summed E-state index contributed by atoms with van der Waals surface area (Å²) in [6, 6.07) is 20.0. The minimum atomic E-state index is -0.260. The third-order valence-electron chi connectivity index (χ3n) is 5.42. The van der Waals surface area contributed by atoms with Gasteiger partial charge in [0, 0.05) is 24.9 Å². The summed E-state index contributed by atoms with van der Waals surface area (Å²) in [6.45, 7) is 0. The van der Waals surface area contributed by atoms with Crippen molar-refractivity contribution < 1.29 is 9.59 Å². The number of rotatable bonds is 7. The van der Waals surface area contributed by atoms with Gasteiger partial charge in [-0.2, -0.15) is 10.2 Å². The number of carbonyl (C=O) groups is 2. The second kappa shape index (κ2) is 10.2. The fourth-order valence-corrected chi connectivity index (χ4v) is 4.51. The van der Waals surface area contributed by atoms with Gasteiger partial charge in [0.25, 0.3) is 5.91 Å². The maximum absolute atomic E-state index is 13.0. The molecule has 180 valence electrons. The lowest BCUT2D eigenvalue weighted by atomic mass is 10.2. The van der Waals surface area contributed by atoms with E-state index in [-0.39, 0.29) is 18.2 Å². The predicted molar refractivity (Wildman–Crippen MR) is 142 cm³/mol. The van der Waals surface area contributed by atoms with Crippen molar-refractivity contribution in [1.29, 1.82) is 0 Å². The summed E-state index contributed by atoms with van der Waals surface area (Å²) in [5.74, 6) is 0.137. The van der Waals surface area contributed by atoms with Gasteiger partial charge >= 0.3 is 0 Å². The number of benzene rings is 2. The molecule has 0 spiro atoms. The molecule has 0 unspecified atom stereocenters. The van der Waals surface area contributed by atoms with Crippen LogP contribution in [0.4, 0.5) is 11.5 Å². The van der Waals surface area contributed by atoms with Crippen LogP contribution in [0, 0.1) is 0 Å². The standard InChI is InChI=1S/C26H21ClN6O2S/c1-32-24(14-22(31-32)23-10-5-11-36-23)30-26(35)18-6-4-7-19(13-18)33-16-17(15-28-33)12-25(34)29-21-9-3-2-8-20(21)27/h2-11,13-16H,12H2,1H3,(H,29,34)(H,30,35). The van der Waals surface area contributed by atoms with Crippen LogP contribution in [-0.2, 0) is 18.3 Å². The Hall–Kier alpha value is -4.21. The summed E-state index contributed by atoms with van der Waals surface area (Å²) in [5, 5.41) is 17.0. The van der Waals surface area contributed by atoms with E-state index in [1.165, 1.54) is 0 Å². The van der Waals surface area contributed by atoms with E-state index < -0.39 is 0 Å². The van der Waals surface area contributed by atoms with Gasteiger partial charge < -0.3 is 10.6 Å². The van der Waals surface area contributed by atoms with Crippen molar-refractivity contribution in [2.75, 3.05) is 10.6 Å². The van der Waals surface area contributed by atoms with E-state index in [1.807, 2.05) is 29.6 Å². The Morgan fingerprint density at radius 3 is 2.69 bits per heavy atom. The summed E-state index contributed by atoms with van der Waals surface area (Å²) in [7, 11) is 1.79. The van der Waals surface area contributed by atoms with E-state index in [2.05, 4.69) is 20.8 Å². The molecule has 2 N–H and O–H groups in total. The van der Waals surface area contributed by atoms with Crippen LogP contribution in [0.15, 0.2) is 84.5 Å². The molecular weight excluding hydrogens is 496 g/mol. The van der Waals surface area contributed by atoms with E-state index in [1.54, 1.807) is 82.6 Å². The third-order valence-corrected chi connectivity index (χ3v) is 6.64. The number of nitrogens with one attached hydrogen (secondary N) is 2. The number of hydrogen-bond acceptors (Lipinski definition) is 5. The lowest BCUT2D eigenvalue weighted by Crippen LogP contribution is -2.15. The van der Waals surface area contributed by atoms with Crippen LogP contribution in [0.25, 0.3) is 16.3 Å². The number of hydrogen-bond donors (Lipinski definition) is 2. The number of carbonyl (C=O) groups excluding carboxylic acids is 2. The van der Waals surface area contributed by atoms with E-state index in [9.17, 15) is 9.59 Å². The van der Waals surface area contributed by atoms with Gasteiger partial charge in [-0.15, -0.1) is 11.3 Å². The second-order valence-corrected chi connectivity index (χ2v) is 9.37. The molecule has 0 fully saturated rings. The zero-order chi connectivity index (χ0) is 25.1. The molecule has 36 heavy (non-hydrogen) atoms. The molecule has 5 aromatic rings. The summed E-state index contributed by atoms with van der Waals surface area (Å²) >= 11 is 7.70. The van der Waals surface area contributed by atoms with Crippen molar-refractivity contribution >= 4 is 46.3 Å². The highest BCUT2D eigenvalue weighted by Gasteiger charge is 2.14. The maximum Gasteiger partial charge on any atom is 0.256 e. The van der Waals surface area contributed by atoms with Gasteiger partial charge in [-0.3, -0.25) is 14.3 Å². The highest BCUT2D eigenvalue weighted by Crippen LogP contribution is 2.26. The van der Waals surface area contributed by atoms with Gasteiger partial charge in [-0.05, 0) is 47.3 Å². The van der Waals surface area contributed by atoms with E-state index in [4.69, 9.17) is 11.6 Å². The number of thiophene rings is 1. The number of aromatic nitrogens is 4. The maximum atomic E-state index is 13.0. The predicted octanol–water partition coefficient (Wildman–Crippen LogP) is 5.42. The summed E-state index contributed by atoms with van der Waals surface area (Å²) < 4.78 is 3.28. The molecule has 0 radical (unpaired) electrons. The van der Waals surface area contributed by atoms with Gasteiger partial charge in [-0.25, -0.2) is 4.68 Å². The van der Waals surface area contributed by atoms with Gasteiger partial charge in [0.15, 0.2) is 0 Å². The molecule has 3 aromatic heterocycles. The molecule has 3 heterocycles. The van der Waals surface area contributed by atoms with Crippen LogP contribution in [0.2, 0.25) is 5.02 Å². The van der Waals surface area contributed by atoms with Gasteiger partial charge in [0.1, 0.15) is 11.5 Å². The highest BCUT2D eigenvalue weighted by atomic mass is 35.5. The number of amides is 2. The number of aryl methyl sites for hydroxylation is 1. The lowest BCUT2D eigenvalue weighted by Gasteiger charge is -2.07. The topological polar surface area (TPSA) is 93.8 Å². The molecule has 5 rings (SSSR count). The molecule has 10 heteroatoms. The molecule has 2 amide bonds. The van der Waals surface area contributed by atoms with Crippen molar-refractivity contribution in [2.45, 2.75) is 6.42 Å². The monoisotopic (exact) mass is 516 g/mol. The highest BCUT2D eigenvalue weighted by molar-refractivity contribution is 7.13. The third kappa shape index (κ3) is 5.22. The van der Waals surface area contributed by atoms with Gasteiger partial charge in [0.2, 0.25) is 5.91 Å². The van der Waals surface area contributed by atoms with Gasteiger partial charge in [0.05, 0.1) is 33.9 Å². The molecule has 2 aromatic carbocycles. The zero-order valence-corrected chi connectivity index (χ0v) is 20.8. The molecule has 0 saturated heterocycles. The van der Waals surface area contributed by atoms with Crippen LogP contribution in [0.5, 0.6) is 0 Å². The number of halogens is 1. The summed E-state index contributed by atoms with van der Waals surface area (Å²) in [5.41, 5.74) is 3.26. The first kappa shape index (κ1) is 23.5. The molecule has 0 aliphatic carbocycles. The Kier molecular flexibility index (Phi) is 6.66. The van der Waals surface area contributed by atoms with E-state index >= 15 is 0 Å². The van der Waals surface area contributed by atoms with Crippen LogP contribution in [-0.4, -0.2) is 31.4 Å². The largest absolute Gasteiger partial charge is 0.324 e. The lowest BCUT2D eigenvalue weighted by molar-refractivity contribution is -0.115. The minimum absolute atomic E-state index is 0.137. The number of nitrogens with zero attached hydrogens (tertiary/aromatic N) is 4. The Morgan fingerprint density at radius 2 is 1.89 bits per heavy atom. The molecule has 0 bridgehead atoms. The van der Waals surface area contributed by atoms with E-state index in [0.29, 0.717) is 27.8 Å². The van der Waals surface area contributed by atoms with Crippen molar-refractivity contribution in [3.8, 4) is 16.3 Å². The summed E-state index contributed by atoms with van der Waals surface area (Å²) in [6.07, 6.45) is 3.52. The van der Waals surface area contributed by atoms with E-state index in [0.717, 1.165) is 16.1 Å². The fraction of sp³-hybridized carbons (Fsp3) is 0.0769.